The molecule has 1 aromatic rings. The number of hydrogen-bond acceptors (Lipinski definition) is 5. The minimum absolute atomic E-state index is 0.0393. The number of aromatic nitrogens is 2. The Balaban J connectivity index is 2.17. The van der Waals surface area contributed by atoms with E-state index < -0.39 is 5.97 Å². The fraction of sp³-hybridized carbons (Fsp3) is 0.571. The van der Waals surface area contributed by atoms with Crippen LogP contribution < -0.4 is 4.90 Å². The zero-order chi connectivity index (χ0) is 15.6. The Morgan fingerprint density at radius 2 is 2.14 bits per heavy atom. The van der Waals surface area contributed by atoms with Crippen LogP contribution in [0.25, 0.3) is 0 Å². The van der Waals surface area contributed by atoms with E-state index in [0.717, 1.165) is 6.54 Å². The van der Waals surface area contributed by atoms with Crippen molar-refractivity contribution < 1.29 is 14.7 Å². The minimum atomic E-state index is -1.12. The summed E-state index contributed by atoms with van der Waals surface area (Å²) in [5.41, 5.74) is -0.114. The second-order valence-corrected chi connectivity index (χ2v) is 5.62. The van der Waals surface area contributed by atoms with Gasteiger partial charge in [0.2, 0.25) is 5.91 Å². The van der Waals surface area contributed by atoms with Crippen LogP contribution in [0.4, 0.5) is 5.82 Å². The summed E-state index contributed by atoms with van der Waals surface area (Å²) in [6.07, 6.45) is 2.70. The number of anilines is 1. The first-order valence-corrected chi connectivity index (χ1v) is 7.01. The molecule has 1 fully saturated rings. The molecule has 7 nitrogen and oxygen atoms in total. The molecule has 0 spiro atoms. The molecular formula is C14H20N4O3. The summed E-state index contributed by atoms with van der Waals surface area (Å²) in [6, 6.07) is -0.365. The molecule has 114 valence electrons. The number of piperazine rings is 1. The predicted molar refractivity (Wildman–Crippen MR) is 77.2 cm³/mol. The lowest BCUT2D eigenvalue weighted by Gasteiger charge is -2.40. The summed E-state index contributed by atoms with van der Waals surface area (Å²) in [5.74, 6) is -0.234. The molecule has 1 atom stereocenters. The number of aromatic carboxylic acids is 1. The van der Waals surface area contributed by atoms with Gasteiger partial charge in [-0.1, -0.05) is 13.8 Å². The first-order chi connectivity index (χ1) is 9.90. The van der Waals surface area contributed by atoms with Crippen LogP contribution in [0, 0.1) is 5.92 Å². The van der Waals surface area contributed by atoms with Crippen molar-refractivity contribution in [3.05, 3.63) is 18.1 Å². The lowest BCUT2D eigenvalue weighted by Crippen LogP contribution is -2.57. The molecule has 2 heterocycles. The lowest BCUT2D eigenvalue weighted by atomic mass is 10.1. The summed E-state index contributed by atoms with van der Waals surface area (Å²) >= 11 is 0. The van der Waals surface area contributed by atoms with Crippen molar-refractivity contribution in [3.63, 3.8) is 0 Å². The quantitative estimate of drug-likeness (QED) is 0.886. The molecule has 1 aliphatic rings. The molecule has 0 saturated carbocycles. The molecule has 1 amide bonds. The maximum Gasteiger partial charge on any atom is 0.356 e. The highest BCUT2D eigenvalue weighted by atomic mass is 16.4. The van der Waals surface area contributed by atoms with Crippen LogP contribution in [-0.2, 0) is 4.79 Å². The Kier molecular flexibility index (Phi) is 4.40. The molecule has 2 rings (SSSR count). The van der Waals surface area contributed by atoms with Gasteiger partial charge in [-0.3, -0.25) is 9.78 Å². The number of nitrogens with zero attached hydrogens (tertiary/aromatic N) is 4. The van der Waals surface area contributed by atoms with E-state index in [1.807, 2.05) is 11.8 Å². The first-order valence-electron chi connectivity index (χ1n) is 7.01. The Morgan fingerprint density at radius 3 is 2.76 bits per heavy atom. The van der Waals surface area contributed by atoms with Gasteiger partial charge in [-0.2, -0.15) is 0 Å². The fourth-order valence-electron chi connectivity index (χ4n) is 2.46. The second-order valence-electron chi connectivity index (χ2n) is 5.62. The van der Waals surface area contributed by atoms with E-state index >= 15 is 0 Å². The van der Waals surface area contributed by atoms with Crippen LogP contribution in [0.3, 0.4) is 0 Å². The van der Waals surface area contributed by atoms with Gasteiger partial charge in [-0.25, -0.2) is 9.78 Å². The lowest BCUT2D eigenvalue weighted by molar-refractivity contribution is -0.134. The van der Waals surface area contributed by atoms with E-state index in [2.05, 4.69) is 23.8 Å². The van der Waals surface area contributed by atoms with Crippen LogP contribution in [0.2, 0.25) is 0 Å². The van der Waals surface area contributed by atoms with E-state index in [0.29, 0.717) is 24.8 Å². The molecule has 0 aromatic carbocycles. The largest absolute Gasteiger partial charge is 0.476 e. The SMILES string of the molecule is CC(C)CN1CCN(c2cncc(C(=O)O)n2)C(C)C1=O. The number of carboxylic acids is 1. The molecule has 0 bridgehead atoms. The van der Waals surface area contributed by atoms with Gasteiger partial charge in [0.25, 0.3) is 0 Å². The van der Waals surface area contributed by atoms with E-state index in [-0.39, 0.29) is 17.6 Å². The number of hydrogen-bond donors (Lipinski definition) is 1. The molecule has 21 heavy (non-hydrogen) atoms. The van der Waals surface area contributed by atoms with Crippen LogP contribution >= 0.6 is 0 Å². The summed E-state index contributed by atoms with van der Waals surface area (Å²) in [6.45, 7) is 7.93. The number of amides is 1. The van der Waals surface area contributed by atoms with Gasteiger partial charge in [-0.15, -0.1) is 0 Å². The average molecular weight is 292 g/mol. The van der Waals surface area contributed by atoms with Gasteiger partial charge in [0.15, 0.2) is 5.69 Å². The zero-order valence-corrected chi connectivity index (χ0v) is 12.5. The van der Waals surface area contributed by atoms with Gasteiger partial charge in [0.05, 0.1) is 12.4 Å². The highest BCUT2D eigenvalue weighted by molar-refractivity contribution is 5.87. The van der Waals surface area contributed by atoms with Crippen molar-refractivity contribution in [2.45, 2.75) is 26.8 Å². The topological polar surface area (TPSA) is 86.6 Å². The molecular weight excluding hydrogens is 272 g/mol. The van der Waals surface area contributed by atoms with E-state index in [1.54, 1.807) is 4.90 Å². The molecule has 0 aliphatic carbocycles. The van der Waals surface area contributed by atoms with Crippen molar-refractivity contribution in [1.29, 1.82) is 0 Å². The van der Waals surface area contributed by atoms with Crippen LogP contribution in [0.5, 0.6) is 0 Å². The van der Waals surface area contributed by atoms with Crippen molar-refractivity contribution in [2.24, 2.45) is 5.92 Å². The highest BCUT2D eigenvalue weighted by Gasteiger charge is 2.32. The third-order valence-corrected chi connectivity index (χ3v) is 3.47. The molecule has 1 aliphatic heterocycles. The normalized spacial score (nSPS) is 19.2. The van der Waals surface area contributed by atoms with Gasteiger partial charge in [0.1, 0.15) is 11.9 Å². The van der Waals surface area contributed by atoms with Crippen molar-refractivity contribution in [3.8, 4) is 0 Å². The third kappa shape index (κ3) is 3.29. The van der Waals surface area contributed by atoms with E-state index in [1.165, 1.54) is 12.4 Å². The van der Waals surface area contributed by atoms with Crippen LogP contribution in [0.15, 0.2) is 12.4 Å². The number of rotatable bonds is 4. The molecule has 1 N–H and O–H groups in total. The molecule has 1 unspecified atom stereocenters. The maximum absolute atomic E-state index is 12.4. The minimum Gasteiger partial charge on any atom is -0.476 e. The molecule has 1 aromatic heterocycles. The number of carbonyl (C=O) groups is 2. The van der Waals surface area contributed by atoms with Crippen LogP contribution in [-0.4, -0.2) is 57.5 Å². The maximum atomic E-state index is 12.4. The van der Waals surface area contributed by atoms with E-state index in [4.69, 9.17) is 5.11 Å². The van der Waals surface area contributed by atoms with Gasteiger partial charge < -0.3 is 14.9 Å². The molecule has 0 radical (unpaired) electrons. The van der Waals surface area contributed by atoms with Crippen molar-refractivity contribution >= 4 is 17.7 Å². The number of carboxylic acid groups (broad SMARTS) is 1. The van der Waals surface area contributed by atoms with Crippen molar-refractivity contribution in [2.75, 3.05) is 24.5 Å². The Hall–Kier alpha value is -2.18. The van der Waals surface area contributed by atoms with E-state index in [9.17, 15) is 9.59 Å². The summed E-state index contributed by atoms with van der Waals surface area (Å²) in [4.78, 5) is 35.0. The predicted octanol–water partition coefficient (Wildman–Crippen LogP) is 0.868. The highest BCUT2D eigenvalue weighted by Crippen LogP contribution is 2.19. The summed E-state index contributed by atoms with van der Waals surface area (Å²) in [5, 5.41) is 8.97. The summed E-state index contributed by atoms with van der Waals surface area (Å²) < 4.78 is 0. The molecule has 1 saturated heterocycles. The third-order valence-electron chi connectivity index (χ3n) is 3.47. The van der Waals surface area contributed by atoms with Gasteiger partial charge in [-0.05, 0) is 12.8 Å². The van der Waals surface area contributed by atoms with Crippen LogP contribution in [0.1, 0.15) is 31.3 Å². The smallest absolute Gasteiger partial charge is 0.356 e. The van der Waals surface area contributed by atoms with Gasteiger partial charge >= 0.3 is 5.97 Å². The Bertz CT molecular complexity index is 547. The standard InChI is InChI=1S/C14H20N4O3/c1-9(2)8-17-4-5-18(10(3)13(17)19)12-7-15-6-11(16-12)14(20)21/h6-7,9-10H,4-5,8H2,1-3H3,(H,20,21). The number of carbonyl (C=O) groups excluding carboxylic acids is 1. The Labute approximate surface area is 123 Å². The monoisotopic (exact) mass is 292 g/mol. The van der Waals surface area contributed by atoms with Crippen molar-refractivity contribution in [1.82, 2.24) is 14.9 Å². The average Bonchev–Trinajstić information content (AvgIpc) is 2.44. The summed E-state index contributed by atoms with van der Waals surface area (Å²) in [7, 11) is 0. The Morgan fingerprint density at radius 1 is 1.43 bits per heavy atom. The first kappa shape index (κ1) is 15.2. The van der Waals surface area contributed by atoms with Gasteiger partial charge in [0, 0.05) is 19.6 Å². The second kappa shape index (κ2) is 6.07. The zero-order valence-electron chi connectivity index (χ0n) is 12.5. The molecule has 7 heteroatoms. The fourth-order valence-corrected chi connectivity index (χ4v) is 2.46.